The Balaban J connectivity index is 1.96. The van der Waals surface area contributed by atoms with Crippen molar-refractivity contribution in [3.63, 3.8) is 0 Å². The summed E-state index contributed by atoms with van der Waals surface area (Å²) in [6, 6.07) is 0. The standard InChI is InChI=1S/C13H18O4/c1-12(2,3)11(15)16-7-9-13(4)6-5-8(13)10(14)17-9/h5-6,8-9H,7H2,1-4H3/t8?,9-,13?/m1/s1. The fourth-order valence-electron chi connectivity index (χ4n) is 2.06. The Bertz CT molecular complexity index is 391. The molecule has 0 amide bonds. The molecule has 1 heterocycles. The number of carbonyl (C=O) groups is 2. The van der Waals surface area contributed by atoms with Gasteiger partial charge in [0.25, 0.3) is 0 Å². The Kier molecular flexibility index (Phi) is 2.56. The van der Waals surface area contributed by atoms with E-state index in [0.29, 0.717) is 0 Å². The molecule has 1 saturated heterocycles. The van der Waals surface area contributed by atoms with Gasteiger partial charge in [0.05, 0.1) is 11.3 Å². The molecule has 4 nitrogen and oxygen atoms in total. The van der Waals surface area contributed by atoms with E-state index in [-0.39, 0.29) is 36.0 Å². The van der Waals surface area contributed by atoms with Gasteiger partial charge in [-0.25, -0.2) is 0 Å². The van der Waals surface area contributed by atoms with Gasteiger partial charge in [-0.05, 0) is 20.8 Å². The van der Waals surface area contributed by atoms with Crippen molar-refractivity contribution < 1.29 is 19.1 Å². The number of fused-ring (bicyclic) bond motifs is 1. The summed E-state index contributed by atoms with van der Waals surface area (Å²) in [7, 11) is 0. The molecular weight excluding hydrogens is 220 g/mol. The lowest BCUT2D eigenvalue weighted by atomic mass is 9.67. The topological polar surface area (TPSA) is 52.6 Å². The van der Waals surface area contributed by atoms with Crippen LogP contribution in [-0.4, -0.2) is 24.6 Å². The van der Waals surface area contributed by atoms with E-state index in [1.54, 1.807) is 20.8 Å². The third-order valence-corrected chi connectivity index (χ3v) is 3.50. The lowest BCUT2D eigenvalue weighted by molar-refractivity contribution is -0.160. The third kappa shape index (κ3) is 1.85. The molecule has 3 atom stereocenters. The van der Waals surface area contributed by atoms with Crippen molar-refractivity contribution in [3.8, 4) is 0 Å². The fraction of sp³-hybridized carbons (Fsp3) is 0.692. The minimum atomic E-state index is -0.529. The molecule has 0 spiro atoms. The number of esters is 2. The Morgan fingerprint density at radius 2 is 2.18 bits per heavy atom. The van der Waals surface area contributed by atoms with Gasteiger partial charge in [0.2, 0.25) is 0 Å². The molecule has 1 fully saturated rings. The number of rotatable bonds is 2. The van der Waals surface area contributed by atoms with Crippen LogP contribution in [0.3, 0.4) is 0 Å². The van der Waals surface area contributed by atoms with Crippen molar-refractivity contribution in [2.24, 2.45) is 16.7 Å². The average Bonchev–Trinajstić information content (AvgIpc) is 2.33. The van der Waals surface area contributed by atoms with Crippen molar-refractivity contribution in [1.29, 1.82) is 0 Å². The minimum absolute atomic E-state index is 0.138. The second-order valence-electron chi connectivity index (χ2n) is 5.98. The Morgan fingerprint density at radius 1 is 1.53 bits per heavy atom. The normalized spacial score (nSPS) is 34.9. The van der Waals surface area contributed by atoms with Gasteiger partial charge in [-0.15, -0.1) is 0 Å². The molecule has 0 aromatic carbocycles. The predicted octanol–water partition coefficient (Wildman–Crippen LogP) is 1.69. The highest BCUT2D eigenvalue weighted by atomic mass is 16.6. The van der Waals surface area contributed by atoms with E-state index < -0.39 is 5.41 Å². The molecule has 4 heteroatoms. The average molecular weight is 238 g/mol. The molecule has 0 bridgehead atoms. The smallest absolute Gasteiger partial charge is 0.314 e. The van der Waals surface area contributed by atoms with Crippen LogP contribution in [-0.2, 0) is 19.1 Å². The molecule has 0 radical (unpaired) electrons. The van der Waals surface area contributed by atoms with E-state index >= 15 is 0 Å². The number of carbonyl (C=O) groups excluding carboxylic acids is 2. The van der Waals surface area contributed by atoms with Crippen LogP contribution >= 0.6 is 0 Å². The second-order valence-corrected chi connectivity index (χ2v) is 5.98. The molecular formula is C13H18O4. The molecule has 2 rings (SSSR count). The van der Waals surface area contributed by atoms with Crippen LogP contribution in [0.1, 0.15) is 27.7 Å². The third-order valence-electron chi connectivity index (χ3n) is 3.50. The lowest BCUT2D eigenvalue weighted by Gasteiger charge is -2.34. The van der Waals surface area contributed by atoms with Crippen LogP contribution in [0.15, 0.2) is 12.2 Å². The zero-order valence-electron chi connectivity index (χ0n) is 10.6. The first-order valence-electron chi connectivity index (χ1n) is 5.82. The first kappa shape index (κ1) is 12.1. The maximum atomic E-state index is 11.6. The SMILES string of the molecule is CC(C)(C)C(=O)OC[C@H]1OC(=O)C2C=CC21C. The van der Waals surface area contributed by atoms with Crippen molar-refractivity contribution in [3.05, 3.63) is 12.2 Å². The van der Waals surface area contributed by atoms with Crippen molar-refractivity contribution in [2.75, 3.05) is 6.61 Å². The Hall–Kier alpha value is -1.32. The summed E-state index contributed by atoms with van der Waals surface area (Å²) in [6.45, 7) is 7.48. The monoisotopic (exact) mass is 238 g/mol. The maximum Gasteiger partial charge on any atom is 0.314 e. The van der Waals surface area contributed by atoms with Gasteiger partial charge in [0.1, 0.15) is 12.7 Å². The predicted molar refractivity (Wildman–Crippen MR) is 61.0 cm³/mol. The van der Waals surface area contributed by atoms with Gasteiger partial charge in [-0.2, -0.15) is 0 Å². The molecule has 0 aromatic heterocycles. The van der Waals surface area contributed by atoms with E-state index in [2.05, 4.69) is 0 Å². The van der Waals surface area contributed by atoms with Crippen molar-refractivity contribution in [2.45, 2.75) is 33.8 Å². The molecule has 17 heavy (non-hydrogen) atoms. The van der Waals surface area contributed by atoms with E-state index in [4.69, 9.17) is 9.47 Å². The van der Waals surface area contributed by atoms with E-state index in [1.807, 2.05) is 19.1 Å². The Labute approximate surface area is 101 Å². The van der Waals surface area contributed by atoms with Gasteiger partial charge < -0.3 is 9.47 Å². The van der Waals surface area contributed by atoms with E-state index in [0.717, 1.165) is 0 Å². The first-order chi connectivity index (χ1) is 7.75. The maximum absolute atomic E-state index is 11.6. The van der Waals surface area contributed by atoms with Crippen LogP contribution in [0.25, 0.3) is 0 Å². The fourth-order valence-corrected chi connectivity index (χ4v) is 2.06. The summed E-state index contributed by atoms with van der Waals surface area (Å²) >= 11 is 0. The summed E-state index contributed by atoms with van der Waals surface area (Å²) in [6.07, 6.45) is 3.45. The summed E-state index contributed by atoms with van der Waals surface area (Å²) in [5.41, 5.74) is -0.826. The van der Waals surface area contributed by atoms with E-state index in [1.165, 1.54) is 0 Å². The highest BCUT2D eigenvalue weighted by molar-refractivity contribution is 5.81. The van der Waals surface area contributed by atoms with Gasteiger partial charge >= 0.3 is 11.9 Å². The number of cyclic esters (lactones) is 1. The van der Waals surface area contributed by atoms with Gasteiger partial charge in [0, 0.05) is 5.41 Å². The van der Waals surface area contributed by atoms with Crippen molar-refractivity contribution in [1.82, 2.24) is 0 Å². The molecule has 0 saturated carbocycles. The van der Waals surface area contributed by atoms with Crippen LogP contribution in [0.5, 0.6) is 0 Å². The minimum Gasteiger partial charge on any atom is -0.461 e. The van der Waals surface area contributed by atoms with Crippen molar-refractivity contribution >= 4 is 11.9 Å². The number of ether oxygens (including phenoxy) is 2. The highest BCUT2D eigenvalue weighted by Gasteiger charge is 2.56. The quantitative estimate of drug-likeness (QED) is 0.542. The van der Waals surface area contributed by atoms with Crippen LogP contribution in [0.4, 0.5) is 0 Å². The Morgan fingerprint density at radius 3 is 2.59 bits per heavy atom. The first-order valence-corrected chi connectivity index (χ1v) is 5.82. The molecule has 1 aliphatic heterocycles. The molecule has 2 aliphatic rings. The summed E-state index contributed by atoms with van der Waals surface area (Å²) < 4.78 is 10.4. The molecule has 94 valence electrons. The molecule has 2 unspecified atom stereocenters. The zero-order chi connectivity index (χ0) is 12.8. The zero-order valence-corrected chi connectivity index (χ0v) is 10.6. The van der Waals surface area contributed by atoms with Gasteiger partial charge in [-0.3, -0.25) is 9.59 Å². The summed E-state index contributed by atoms with van der Waals surface area (Å²) in [5, 5.41) is 0. The largest absolute Gasteiger partial charge is 0.461 e. The molecule has 0 N–H and O–H groups in total. The second kappa shape index (κ2) is 3.59. The van der Waals surface area contributed by atoms with Crippen LogP contribution in [0.2, 0.25) is 0 Å². The summed E-state index contributed by atoms with van der Waals surface area (Å²) in [5.74, 6) is -0.656. The van der Waals surface area contributed by atoms with Gasteiger partial charge in [0.15, 0.2) is 0 Å². The highest BCUT2D eigenvalue weighted by Crippen LogP contribution is 2.49. The molecule has 0 aromatic rings. The molecule has 1 aliphatic carbocycles. The lowest BCUT2D eigenvalue weighted by Crippen LogP contribution is -2.40. The summed E-state index contributed by atoms with van der Waals surface area (Å²) in [4.78, 5) is 23.1. The van der Waals surface area contributed by atoms with Crippen LogP contribution < -0.4 is 0 Å². The number of hydrogen-bond donors (Lipinski definition) is 0. The van der Waals surface area contributed by atoms with Gasteiger partial charge in [-0.1, -0.05) is 19.1 Å². The number of hydrogen-bond acceptors (Lipinski definition) is 4. The van der Waals surface area contributed by atoms with E-state index in [9.17, 15) is 9.59 Å². The van der Waals surface area contributed by atoms with Crippen LogP contribution in [0, 0.1) is 16.7 Å².